The summed E-state index contributed by atoms with van der Waals surface area (Å²) in [4.78, 5) is 13.3. The van der Waals surface area contributed by atoms with Crippen molar-refractivity contribution in [2.24, 2.45) is 0 Å². The molecule has 1 atom stereocenters. The molecule has 0 spiro atoms. The van der Waals surface area contributed by atoms with E-state index in [9.17, 15) is 9.90 Å². The number of allylic oxidation sites excluding steroid dienone is 1. The lowest BCUT2D eigenvalue weighted by molar-refractivity contribution is -0.0777. The highest BCUT2D eigenvalue weighted by molar-refractivity contribution is 5.99. The van der Waals surface area contributed by atoms with Gasteiger partial charge in [0.1, 0.15) is 0 Å². The fourth-order valence-corrected chi connectivity index (χ4v) is 2.15. The minimum Gasteiger partial charge on any atom is -0.367 e. The summed E-state index contributed by atoms with van der Waals surface area (Å²) in [7, 11) is 1.63. The van der Waals surface area contributed by atoms with Gasteiger partial charge in [-0.05, 0) is 12.5 Å². The van der Waals surface area contributed by atoms with Gasteiger partial charge in [-0.25, -0.2) is 0 Å². The van der Waals surface area contributed by atoms with E-state index in [-0.39, 0.29) is 5.91 Å². The number of carbonyl (C=O) groups excluding carboxylic acids is 1. The Bertz CT molecular complexity index is 441. The van der Waals surface area contributed by atoms with Crippen LogP contribution in [0.15, 0.2) is 36.9 Å². The number of benzene rings is 1. The van der Waals surface area contributed by atoms with Gasteiger partial charge >= 0.3 is 0 Å². The maximum Gasteiger partial charge on any atom is 0.256 e. The van der Waals surface area contributed by atoms with Crippen LogP contribution in [0.1, 0.15) is 28.8 Å². The number of hydrogen-bond acceptors (Lipinski definition) is 2. The Labute approximate surface area is 95.0 Å². The molecule has 84 valence electrons. The fraction of sp³-hybridized carbons (Fsp3) is 0.308. The second-order valence-electron chi connectivity index (χ2n) is 4.05. The molecule has 0 saturated heterocycles. The van der Waals surface area contributed by atoms with E-state index in [4.69, 9.17) is 0 Å². The molecular weight excluding hydrogens is 202 g/mol. The summed E-state index contributed by atoms with van der Waals surface area (Å²) in [6, 6.07) is 7.20. The van der Waals surface area contributed by atoms with Gasteiger partial charge in [0, 0.05) is 24.6 Å². The molecule has 1 aromatic carbocycles. The van der Waals surface area contributed by atoms with E-state index in [0.29, 0.717) is 24.0 Å². The van der Waals surface area contributed by atoms with Gasteiger partial charge in [-0.15, -0.1) is 6.58 Å². The molecule has 0 radical (unpaired) electrons. The van der Waals surface area contributed by atoms with Crippen LogP contribution in [0.3, 0.4) is 0 Å². The zero-order valence-electron chi connectivity index (χ0n) is 9.31. The first kappa shape index (κ1) is 10.9. The molecule has 1 aliphatic rings. The smallest absolute Gasteiger partial charge is 0.256 e. The molecule has 1 unspecified atom stereocenters. The Balaban J connectivity index is 2.47. The summed E-state index contributed by atoms with van der Waals surface area (Å²) in [6.07, 6.45) is 2.90. The Morgan fingerprint density at radius 2 is 2.19 bits per heavy atom. The normalized spacial score (nSPS) is 23.4. The lowest BCUT2D eigenvalue weighted by Gasteiger charge is -2.31. The highest BCUT2D eigenvalue weighted by atomic mass is 16.3. The molecule has 1 heterocycles. The van der Waals surface area contributed by atoms with Crippen molar-refractivity contribution in [3.05, 3.63) is 48.0 Å². The lowest BCUT2D eigenvalue weighted by Crippen LogP contribution is -2.40. The van der Waals surface area contributed by atoms with E-state index in [1.165, 1.54) is 4.90 Å². The number of hydrogen-bond donors (Lipinski definition) is 1. The Morgan fingerprint density at radius 3 is 2.88 bits per heavy atom. The molecule has 0 aliphatic carbocycles. The van der Waals surface area contributed by atoms with E-state index < -0.39 is 5.72 Å². The molecule has 16 heavy (non-hydrogen) atoms. The molecule has 0 fully saturated rings. The first-order valence-electron chi connectivity index (χ1n) is 5.32. The number of nitrogens with zero attached hydrogens (tertiary/aromatic N) is 1. The van der Waals surface area contributed by atoms with Crippen LogP contribution in [0, 0.1) is 0 Å². The van der Waals surface area contributed by atoms with Crippen molar-refractivity contribution >= 4 is 5.91 Å². The predicted molar refractivity (Wildman–Crippen MR) is 61.9 cm³/mol. The van der Waals surface area contributed by atoms with Crippen LogP contribution in [0.2, 0.25) is 0 Å². The summed E-state index contributed by atoms with van der Waals surface area (Å²) in [6.45, 7) is 3.64. The van der Waals surface area contributed by atoms with Crippen LogP contribution in [-0.2, 0) is 5.72 Å². The molecule has 2 rings (SSSR count). The van der Waals surface area contributed by atoms with Crippen molar-refractivity contribution in [3.63, 3.8) is 0 Å². The first-order valence-corrected chi connectivity index (χ1v) is 5.32. The predicted octanol–water partition coefficient (Wildman–Crippen LogP) is 1.88. The minimum absolute atomic E-state index is 0.123. The fourth-order valence-electron chi connectivity index (χ4n) is 2.15. The minimum atomic E-state index is -1.18. The van der Waals surface area contributed by atoms with Crippen LogP contribution in [0.4, 0.5) is 0 Å². The summed E-state index contributed by atoms with van der Waals surface area (Å²) in [5.74, 6) is -0.123. The van der Waals surface area contributed by atoms with Crippen LogP contribution >= 0.6 is 0 Å². The lowest BCUT2D eigenvalue weighted by atomic mass is 9.97. The quantitative estimate of drug-likeness (QED) is 0.785. The average Bonchev–Trinajstić information content (AvgIpc) is 2.51. The van der Waals surface area contributed by atoms with E-state index in [0.717, 1.165) is 0 Å². The van der Waals surface area contributed by atoms with Crippen LogP contribution in [0.25, 0.3) is 0 Å². The maximum atomic E-state index is 11.9. The molecule has 1 aliphatic heterocycles. The number of fused-ring (bicyclic) bond motifs is 1. The molecule has 3 nitrogen and oxygen atoms in total. The maximum absolute atomic E-state index is 11.9. The summed E-state index contributed by atoms with van der Waals surface area (Å²) < 4.78 is 0. The first-order chi connectivity index (χ1) is 7.61. The molecule has 1 aromatic rings. The molecule has 0 bridgehead atoms. The molecular formula is C13H15NO2. The molecule has 1 amide bonds. The van der Waals surface area contributed by atoms with Gasteiger partial charge in [0.2, 0.25) is 0 Å². The Morgan fingerprint density at radius 1 is 1.50 bits per heavy atom. The standard InChI is InChI=1S/C13H15NO2/c1-3-4-9-13(16)11-8-6-5-7-10(11)12(15)14(13)2/h3,5-8,16H,1,4,9H2,2H3. The van der Waals surface area contributed by atoms with Crippen molar-refractivity contribution in [1.29, 1.82) is 0 Å². The third kappa shape index (κ3) is 1.36. The Hall–Kier alpha value is -1.61. The van der Waals surface area contributed by atoms with Gasteiger partial charge in [-0.2, -0.15) is 0 Å². The third-order valence-corrected chi connectivity index (χ3v) is 3.15. The largest absolute Gasteiger partial charge is 0.367 e. The zero-order chi connectivity index (χ0) is 11.8. The van der Waals surface area contributed by atoms with Crippen molar-refractivity contribution in [2.45, 2.75) is 18.6 Å². The van der Waals surface area contributed by atoms with E-state index >= 15 is 0 Å². The molecule has 0 saturated carbocycles. The van der Waals surface area contributed by atoms with E-state index in [1.807, 2.05) is 12.1 Å². The SMILES string of the molecule is C=CCCC1(O)c2ccccc2C(=O)N1C. The van der Waals surface area contributed by atoms with Gasteiger partial charge < -0.3 is 10.0 Å². The second kappa shape index (κ2) is 3.76. The topological polar surface area (TPSA) is 40.5 Å². The van der Waals surface area contributed by atoms with Crippen LogP contribution in [-0.4, -0.2) is 23.0 Å². The summed E-state index contributed by atoms with van der Waals surface area (Å²) >= 11 is 0. The number of aliphatic hydroxyl groups is 1. The monoisotopic (exact) mass is 217 g/mol. The highest BCUT2D eigenvalue weighted by Crippen LogP contribution is 2.39. The second-order valence-corrected chi connectivity index (χ2v) is 4.05. The van der Waals surface area contributed by atoms with Gasteiger partial charge in [0.25, 0.3) is 5.91 Å². The van der Waals surface area contributed by atoms with Gasteiger partial charge in [0.05, 0.1) is 0 Å². The van der Waals surface area contributed by atoms with Gasteiger partial charge in [0.15, 0.2) is 5.72 Å². The Kier molecular flexibility index (Phi) is 2.56. The van der Waals surface area contributed by atoms with Crippen molar-refractivity contribution < 1.29 is 9.90 Å². The highest BCUT2D eigenvalue weighted by Gasteiger charge is 2.45. The number of carbonyl (C=O) groups is 1. The molecule has 3 heteroatoms. The summed E-state index contributed by atoms with van der Waals surface area (Å²) in [5, 5.41) is 10.6. The van der Waals surface area contributed by atoms with Crippen molar-refractivity contribution in [1.82, 2.24) is 4.90 Å². The number of amides is 1. The third-order valence-electron chi connectivity index (χ3n) is 3.15. The van der Waals surface area contributed by atoms with Crippen molar-refractivity contribution in [3.8, 4) is 0 Å². The van der Waals surface area contributed by atoms with E-state index in [1.54, 1.807) is 25.3 Å². The van der Waals surface area contributed by atoms with E-state index in [2.05, 4.69) is 6.58 Å². The van der Waals surface area contributed by atoms with Gasteiger partial charge in [-0.3, -0.25) is 4.79 Å². The number of rotatable bonds is 3. The zero-order valence-corrected chi connectivity index (χ0v) is 9.31. The van der Waals surface area contributed by atoms with Crippen molar-refractivity contribution in [2.75, 3.05) is 7.05 Å². The van der Waals surface area contributed by atoms with Crippen LogP contribution < -0.4 is 0 Å². The average molecular weight is 217 g/mol. The van der Waals surface area contributed by atoms with Crippen LogP contribution in [0.5, 0.6) is 0 Å². The van der Waals surface area contributed by atoms with Gasteiger partial charge in [-0.1, -0.05) is 24.3 Å². The summed E-state index contributed by atoms with van der Waals surface area (Å²) in [5.41, 5.74) is 0.114. The molecule has 1 N–H and O–H groups in total. The molecule has 0 aromatic heterocycles.